The van der Waals surface area contributed by atoms with Gasteiger partial charge in [0.15, 0.2) is 11.5 Å². The second-order valence-corrected chi connectivity index (χ2v) is 4.67. The summed E-state index contributed by atoms with van der Waals surface area (Å²) in [5.74, 6) is -0.319. The normalized spacial score (nSPS) is 12.1. The molecule has 100 valence electrons. The molecular formula is C13H15F3O2. The number of hydrogen-bond donors (Lipinski definition) is 0. The third kappa shape index (κ3) is 4.69. The Bertz CT molecular complexity index is 431. The van der Waals surface area contributed by atoms with Gasteiger partial charge in [-0.15, -0.1) is 13.2 Å². The number of halogens is 3. The maximum absolute atomic E-state index is 12.2. The van der Waals surface area contributed by atoms with Crippen LogP contribution in [0.15, 0.2) is 24.8 Å². The first-order chi connectivity index (χ1) is 8.11. The second-order valence-electron chi connectivity index (χ2n) is 4.67. The first-order valence-electron chi connectivity index (χ1n) is 5.32. The van der Waals surface area contributed by atoms with Crippen molar-refractivity contribution in [2.24, 2.45) is 0 Å². The Balaban J connectivity index is 3.12. The Hall–Kier alpha value is -1.65. The molecule has 0 fully saturated rings. The lowest BCUT2D eigenvalue weighted by molar-refractivity contribution is -0.275. The first-order valence-corrected chi connectivity index (χ1v) is 5.32. The van der Waals surface area contributed by atoms with Crippen LogP contribution in [0.2, 0.25) is 0 Å². The van der Waals surface area contributed by atoms with Crippen LogP contribution < -0.4 is 9.47 Å². The number of alkyl halides is 3. The lowest BCUT2D eigenvalue weighted by Crippen LogP contribution is -2.24. The van der Waals surface area contributed by atoms with E-state index in [0.29, 0.717) is 5.56 Å². The maximum atomic E-state index is 12.2. The van der Waals surface area contributed by atoms with Crippen LogP contribution >= 0.6 is 0 Å². The van der Waals surface area contributed by atoms with E-state index < -0.39 is 12.0 Å². The molecule has 1 aromatic rings. The van der Waals surface area contributed by atoms with Gasteiger partial charge in [0.1, 0.15) is 5.60 Å². The van der Waals surface area contributed by atoms with Gasteiger partial charge < -0.3 is 9.47 Å². The standard InChI is InChI=1S/C13H15F3O2/c1-5-9-6-7-10(18-13(14,15)16)11(8-9)17-12(2,3)4/h5-8H,1H2,2-4H3. The maximum Gasteiger partial charge on any atom is 0.573 e. The SMILES string of the molecule is C=Cc1ccc(OC(F)(F)F)c(OC(C)(C)C)c1. The molecule has 0 radical (unpaired) electrons. The first kappa shape index (κ1) is 14.4. The Morgan fingerprint density at radius 1 is 1.06 bits per heavy atom. The predicted octanol–water partition coefficient (Wildman–Crippen LogP) is 4.41. The highest BCUT2D eigenvalue weighted by atomic mass is 19.4. The van der Waals surface area contributed by atoms with Gasteiger partial charge in [-0.05, 0) is 38.5 Å². The number of rotatable bonds is 3. The third-order valence-corrected chi connectivity index (χ3v) is 1.85. The molecule has 0 saturated heterocycles. The van der Waals surface area contributed by atoms with E-state index in [2.05, 4.69) is 11.3 Å². The molecule has 5 heteroatoms. The van der Waals surface area contributed by atoms with Crippen molar-refractivity contribution in [1.82, 2.24) is 0 Å². The Labute approximate surface area is 104 Å². The van der Waals surface area contributed by atoms with E-state index in [-0.39, 0.29) is 11.5 Å². The van der Waals surface area contributed by atoms with Gasteiger partial charge in [0, 0.05) is 0 Å². The van der Waals surface area contributed by atoms with Crippen LogP contribution in [0, 0.1) is 0 Å². The molecule has 0 spiro atoms. The summed E-state index contributed by atoms with van der Waals surface area (Å²) >= 11 is 0. The zero-order chi connectivity index (χ0) is 14.0. The van der Waals surface area contributed by atoms with E-state index in [1.165, 1.54) is 24.3 Å². The van der Waals surface area contributed by atoms with Gasteiger partial charge in [0.2, 0.25) is 0 Å². The molecule has 18 heavy (non-hydrogen) atoms. The molecular weight excluding hydrogens is 245 g/mol. The minimum atomic E-state index is -4.74. The molecule has 0 saturated carbocycles. The van der Waals surface area contributed by atoms with Crippen molar-refractivity contribution in [2.45, 2.75) is 32.7 Å². The lowest BCUT2D eigenvalue weighted by Gasteiger charge is -2.23. The monoisotopic (exact) mass is 260 g/mol. The van der Waals surface area contributed by atoms with Crippen molar-refractivity contribution in [2.75, 3.05) is 0 Å². The summed E-state index contributed by atoms with van der Waals surface area (Å²) in [6.07, 6.45) is -3.22. The largest absolute Gasteiger partial charge is 0.573 e. The van der Waals surface area contributed by atoms with Crippen LogP contribution in [-0.2, 0) is 0 Å². The fraction of sp³-hybridized carbons (Fsp3) is 0.385. The summed E-state index contributed by atoms with van der Waals surface area (Å²) < 4.78 is 46.1. The Morgan fingerprint density at radius 3 is 2.11 bits per heavy atom. The van der Waals surface area contributed by atoms with Crippen molar-refractivity contribution < 1.29 is 22.6 Å². The predicted molar refractivity (Wildman–Crippen MR) is 63.6 cm³/mol. The lowest BCUT2D eigenvalue weighted by atomic mass is 10.1. The van der Waals surface area contributed by atoms with Crippen LogP contribution in [0.4, 0.5) is 13.2 Å². The van der Waals surface area contributed by atoms with Crippen molar-refractivity contribution >= 4 is 6.08 Å². The van der Waals surface area contributed by atoms with E-state index >= 15 is 0 Å². The van der Waals surface area contributed by atoms with Crippen LogP contribution in [-0.4, -0.2) is 12.0 Å². The van der Waals surface area contributed by atoms with Gasteiger partial charge in [0.25, 0.3) is 0 Å². The molecule has 1 rings (SSSR count). The minimum Gasteiger partial charge on any atom is -0.484 e. The van der Waals surface area contributed by atoms with E-state index in [9.17, 15) is 13.2 Å². The van der Waals surface area contributed by atoms with Crippen molar-refractivity contribution in [3.05, 3.63) is 30.3 Å². The van der Waals surface area contributed by atoms with Gasteiger partial charge in [-0.25, -0.2) is 0 Å². The van der Waals surface area contributed by atoms with E-state index in [1.807, 2.05) is 0 Å². The van der Waals surface area contributed by atoms with Gasteiger partial charge in [0.05, 0.1) is 0 Å². The zero-order valence-corrected chi connectivity index (χ0v) is 10.5. The zero-order valence-electron chi connectivity index (χ0n) is 10.5. The molecule has 0 aliphatic carbocycles. The topological polar surface area (TPSA) is 18.5 Å². The highest BCUT2D eigenvalue weighted by Crippen LogP contribution is 2.35. The fourth-order valence-corrected chi connectivity index (χ4v) is 1.27. The number of hydrogen-bond acceptors (Lipinski definition) is 2. The summed E-state index contributed by atoms with van der Waals surface area (Å²) in [6, 6.07) is 4.15. The minimum absolute atomic E-state index is 0.0391. The molecule has 0 aliphatic rings. The fourth-order valence-electron chi connectivity index (χ4n) is 1.27. The van der Waals surface area contributed by atoms with Crippen molar-refractivity contribution in [3.63, 3.8) is 0 Å². The molecule has 0 heterocycles. The molecule has 0 bridgehead atoms. The van der Waals surface area contributed by atoms with Gasteiger partial charge in [-0.1, -0.05) is 18.7 Å². The van der Waals surface area contributed by atoms with E-state index in [1.54, 1.807) is 20.8 Å². The molecule has 0 aliphatic heterocycles. The highest BCUT2D eigenvalue weighted by molar-refractivity contribution is 5.54. The Kier molecular flexibility index (Phi) is 3.94. The van der Waals surface area contributed by atoms with E-state index in [4.69, 9.17) is 4.74 Å². The summed E-state index contributed by atoms with van der Waals surface area (Å²) in [5.41, 5.74) is 0.0347. The summed E-state index contributed by atoms with van der Waals surface area (Å²) in [7, 11) is 0. The summed E-state index contributed by atoms with van der Waals surface area (Å²) in [6.45, 7) is 8.78. The molecule has 0 atom stereocenters. The smallest absolute Gasteiger partial charge is 0.484 e. The molecule has 0 amide bonds. The highest BCUT2D eigenvalue weighted by Gasteiger charge is 2.33. The second kappa shape index (κ2) is 4.92. The van der Waals surface area contributed by atoms with Gasteiger partial charge in [-0.3, -0.25) is 0 Å². The number of ether oxygens (including phenoxy) is 2. The van der Waals surface area contributed by atoms with Gasteiger partial charge >= 0.3 is 6.36 Å². The average molecular weight is 260 g/mol. The Morgan fingerprint density at radius 2 is 1.67 bits per heavy atom. The quantitative estimate of drug-likeness (QED) is 0.801. The summed E-state index contributed by atoms with van der Waals surface area (Å²) in [4.78, 5) is 0. The molecule has 1 aromatic carbocycles. The molecule has 0 aromatic heterocycles. The molecule has 0 unspecified atom stereocenters. The van der Waals surface area contributed by atoms with Crippen LogP contribution in [0.25, 0.3) is 6.08 Å². The van der Waals surface area contributed by atoms with E-state index in [0.717, 1.165) is 0 Å². The van der Waals surface area contributed by atoms with Gasteiger partial charge in [-0.2, -0.15) is 0 Å². The summed E-state index contributed by atoms with van der Waals surface area (Å²) in [5, 5.41) is 0. The average Bonchev–Trinajstić information content (AvgIpc) is 2.16. The van der Waals surface area contributed by atoms with Crippen LogP contribution in [0.1, 0.15) is 26.3 Å². The molecule has 0 N–H and O–H groups in total. The van der Waals surface area contributed by atoms with Crippen LogP contribution in [0.3, 0.4) is 0 Å². The molecule has 2 nitrogen and oxygen atoms in total. The third-order valence-electron chi connectivity index (χ3n) is 1.85. The van der Waals surface area contributed by atoms with Crippen LogP contribution in [0.5, 0.6) is 11.5 Å². The van der Waals surface area contributed by atoms with Crippen molar-refractivity contribution in [3.8, 4) is 11.5 Å². The van der Waals surface area contributed by atoms with Crippen molar-refractivity contribution in [1.29, 1.82) is 0 Å². The number of benzene rings is 1.